The molecular formula is C25H19Br3FN3O2. The highest BCUT2D eigenvalue weighted by Gasteiger charge is 2.14. The predicted molar refractivity (Wildman–Crippen MR) is 143 cm³/mol. The van der Waals surface area contributed by atoms with Crippen LogP contribution in [0.3, 0.4) is 0 Å². The molecule has 0 fully saturated rings. The molecule has 34 heavy (non-hydrogen) atoms. The topological polar surface area (TPSA) is 56.5 Å². The zero-order valence-corrected chi connectivity index (χ0v) is 23.0. The Labute approximate surface area is 221 Å². The van der Waals surface area contributed by atoms with Gasteiger partial charge in [0.25, 0.3) is 5.56 Å². The fourth-order valence-corrected chi connectivity index (χ4v) is 5.12. The summed E-state index contributed by atoms with van der Waals surface area (Å²) in [5, 5.41) is 4.96. The van der Waals surface area contributed by atoms with Gasteiger partial charge in [-0.15, -0.1) is 0 Å². The van der Waals surface area contributed by atoms with E-state index in [0.717, 1.165) is 15.6 Å². The number of hydrogen-bond acceptors (Lipinski definition) is 4. The van der Waals surface area contributed by atoms with Gasteiger partial charge in [-0.2, -0.15) is 9.78 Å². The molecule has 5 nitrogen and oxygen atoms in total. The van der Waals surface area contributed by atoms with Crippen molar-refractivity contribution in [1.82, 2.24) is 9.66 Å². The zero-order chi connectivity index (χ0) is 24.4. The summed E-state index contributed by atoms with van der Waals surface area (Å²) >= 11 is 10.5. The fourth-order valence-electron chi connectivity index (χ4n) is 3.30. The molecule has 0 atom stereocenters. The van der Waals surface area contributed by atoms with Crippen LogP contribution in [0, 0.1) is 5.82 Å². The molecule has 0 saturated carbocycles. The van der Waals surface area contributed by atoms with E-state index in [1.165, 1.54) is 16.8 Å². The van der Waals surface area contributed by atoms with E-state index in [0.29, 0.717) is 31.4 Å². The Hall–Kier alpha value is -2.36. The quantitative estimate of drug-likeness (QED) is 0.204. The van der Waals surface area contributed by atoms with Crippen LogP contribution in [-0.4, -0.2) is 15.9 Å². The Kier molecular flexibility index (Phi) is 7.64. The lowest BCUT2D eigenvalue weighted by molar-refractivity contribution is 0.302. The van der Waals surface area contributed by atoms with E-state index in [1.54, 1.807) is 24.4 Å². The van der Waals surface area contributed by atoms with Crippen molar-refractivity contribution < 1.29 is 9.13 Å². The molecule has 0 aliphatic carbocycles. The van der Waals surface area contributed by atoms with Crippen molar-refractivity contribution in [2.24, 2.45) is 5.10 Å². The predicted octanol–water partition coefficient (Wildman–Crippen LogP) is 7.41. The van der Waals surface area contributed by atoms with Crippen LogP contribution in [-0.2, 0) is 6.61 Å². The van der Waals surface area contributed by atoms with Crippen LogP contribution >= 0.6 is 47.8 Å². The van der Waals surface area contributed by atoms with Gasteiger partial charge in [0.2, 0.25) is 0 Å². The highest BCUT2D eigenvalue weighted by molar-refractivity contribution is 9.11. The average Bonchev–Trinajstić information content (AvgIpc) is 2.79. The molecule has 0 bridgehead atoms. The molecule has 0 radical (unpaired) electrons. The van der Waals surface area contributed by atoms with Crippen molar-refractivity contribution >= 4 is 64.9 Å². The van der Waals surface area contributed by atoms with E-state index in [9.17, 15) is 9.18 Å². The SMILES string of the molecule is CC(C)c1nc2ccc(Br)cc2c(=O)n1N=Cc1cc(Br)c(OCc2ccc(F)cc2)c(Br)c1. The van der Waals surface area contributed by atoms with Crippen molar-refractivity contribution in [2.75, 3.05) is 0 Å². The summed E-state index contributed by atoms with van der Waals surface area (Å²) in [6, 6.07) is 15.3. The summed E-state index contributed by atoms with van der Waals surface area (Å²) in [5.41, 5.74) is 2.01. The van der Waals surface area contributed by atoms with E-state index in [2.05, 4.69) is 57.9 Å². The molecule has 9 heteroatoms. The number of ether oxygens (including phenoxy) is 1. The van der Waals surface area contributed by atoms with Gasteiger partial charge in [0.05, 0.1) is 26.1 Å². The van der Waals surface area contributed by atoms with Gasteiger partial charge in [-0.25, -0.2) is 9.37 Å². The van der Waals surface area contributed by atoms with Crippen molar-refractivity contribution in [3.63, 3.8) is 0 Å². The standard InChI is InChI=1S/C25H19Br3FN3O2/c1-14(2)24-31-22-8-5-17(26)11-19(22)25(33)32(24)30-12-16-9-20(27)23(21(28)10-16)34-13-15-3-6-18(29)7-4-15/h3-12,14H,13H2,1-2H3. The highest BCUT2D eigenvalue weighted by Crippen LogP contribution is 2.35. The Bertz CT molecular complexity index is 1430. The number of benzene rings is 3. The lowest BCUT2D eigenvalue weighted by Crippen LogP contribution is -2.23. The Morgan fingerprint density at radius 1 is 1.06 bits per heavy atom. The molecule has 3 aromatic carbocycles. The van der Waals surface area contributed by atoms with E-state index in [-0.39, 0.29) is 23.9 Å². The number of halogens is 4. The molecule has 1 aromatic heterocycles. The minimum absolute atomic E-state index is 0.00129. The van der Waals surface area contributed by atoms with Crippen molar-refractivity contribution in [3.8, 4) is 5.75 Å². The van der Waals surface area contributed by atoms with Gasteiger partial charge in [-0.05, 0) is 85.5 Å². The molecule has 1 heterocycles. The lowest BCUT2D eigenvalue weighted by atomic mass is 10.2. The first-order valence-corrected chi connectivity index (χ1v) is 12.7. The summed E-state index contributed by atoms with van der Waals surface area (Å²) in [6.07, 6.45) is 1.61. The number of aromatic nitrogens is 2. The Morgan fingerprint density at radius 2 is 1.74 bits per heavy atom. The van der Waals surface area contributed by atoms with Crippen molar-refractivity contribution in [1.29, 1.82) is 0 Å². The van der Waals surface area contributed by atoms with Gasteiger partial charge in [0.1, 0.15) is 24.0 Å². The minimum atomic E-state index is -0.288. The first-order valence-electron chi connectivity index (χ1n) is 10.4. The summed E-state index contributed by atoms with van der Waals surface area (Å²) in [4.78, 5) is 17.8. The van der Waals surface area contributed by atoms with Crippen LogP contribution in [0.4, 0.5) is 4.39 Å². The number of hydrogen-bond donors (Lipinski definition) is 0. The van der Waals surface area contributed by atoms with E-state index in [1.807, 2.05) is 38.1 Å². The number of fused-ring (bicyclic) bond motifs is 1. The number of nitrogens with zero attached hydrogens (tertiary/aromatic N) is 3. The van der Waals surface area contributed by atoms with Crippen molar-refractivity contribution in [3.05, 3.63) is 101 Å². The second-order valence-electron chi connectivity index (χ2n) is 7.88. The third kappa shape index (κ3) is 5.47. The second-order valence-corrected chi connectivity index (χ2v) is 10.5. The summed E-state index contributed by atoms with van der Waals surface area (Å²) in [7, 11) is 0. The largest absolute Gasteiger partial charge is 0.487 e. The second kappa shape index (κ2) is 10.5. The van der Waals surface area contributed by atoms with E-state index >= 15 is 0 Å². The van der Waals surface area contributed by atoms with Crippen LogP contribution in [0.2, 0.25) is 0 Å². The summed E-state index contributed by atoms with van der Waals surface area (Å²) < 4.78 is 22.6. The van der Waals surface area contributed by atoms with Gasteiger partial charge in [0.15, 0.2) is 0 Å². The third-order valence-corrected chi connectivity index (χ3v) is 6.66. The fraction of sp³-hybridized carbons (Fsp3) is 0.160. The Morgan fingerprint density at radius 3 is 2.38 bits per heavy atom. The van der Waals surface area contributed by atoms with Gasteiger partial charge in [-0.3, -0.25) is 4.79 Å². The molecule has 0 N–H and O–H groups in total. The smallest absolute Gasteiger partial charge is 0.282 e. The highest BCUT2D eigenvalue weighted by atomic mass is 79.9. The molecule has 0 spiro atoms. The van der Waals surface area contributed by atoms with Crippen LogP contribution < -0.4 is 10.3 Å². The maximum Gasteiger partial charge on any atom is 0.282 e. The molecule has 0 saturated heterocycles. The van der Waals surface area contributed by atoms with Crippen molar-refractivity contribution in [2.45, 2.75) is 26.4 Å². The first-order chi connectivity index (χ1) is 16.2. The van der Waals surface area contributed by atoms with E-state index < -0.39 is 0 Å². The summed E-state index contributed by atoms with van der Waals surface area (Å²) in [6.45, 7) is 4.23. The Balaban J connectivity index is 1.65. The lowest BCUT2D eigenvalue weighted by Gasteiger charge is -2.13. The molecule has 0 aliphatic heterocycles. The van der Waals surface area contributed by atoms with Crippen LogP contribution in [0.1, 0.15) is 36.7 Å². The number of rotatable bonds is 6. The molecular weight excluding hydrogens is 633 g/mol. The van der Waals surface area contributed by atoms with E-state index in [4.69, 9.17) is 4.74 Å². The molecule has 4 rings (SSSR count). The molecule has 0 amide bonds. The molecule has 4 aromatic rings. The maximum atomic E-state index is 13.2. The van der Waals surface area contributed by atoms with Gasteiger partial charge < -0.3 is 4.74 Å². The van der Waals surface area contributed by atoms with Crippen LogP contribution in [0.15, 0.2) is 77.9 Å². The van der Waals surface area contributed by atoms with Crippen LogP contribution in [0.25, 0.3) is 10.9 Å². The van der Waals surface area contributed by atoms with Crippen LogP contribution in [0.5, 0.6) is 5.75 Å². The first kappa shape index (κ1) is 24.8. The minimum Gasteiger partial charge on any atom is -0.487 e. The maximum absolute atomic E-state index is 13.2. The molecule has 0 unspecified atom stereocenters. The molecule has 0 aliphatic rings. The van der Waals surface area contributed by atoms with Gasteiger partial charge >= 0.3 is 0 Å². The van der Waals surface area contributed by atoms with Gasteiger partial charge in [-0.1, -0.05) is 41.9 Å². The normalized spacial score (nSPS) is 11.6. The average molecular weight is 652 g/mol. The zero-order valence-electron chi connectivity index (χ0n) is 18.2. The van der Waals surface area contributed by atoms with Gasteiger partial charge in [0, 0.05) is 10.4 Å². The summed E-state index contributed by atoms with van der Waals surface area (Å²) in [5.74, 6) is 0.898. The third-order valence-electron chi connectivity index (χ3n) is 4.99. The monoisotopic (exact) mass is 649 g/mol. The molecule has 174 valence electrons.